The largest absolute Gasteiger partial charge is 0.383 e. The topological polar surface area (TPSA) is 79.0 Å². The number of hydrogen-bond acceptors (Lipinski definition) is 6. The number of benzene rings is 1. The molecule has 1 aliphatic heterocycles. The van der Waals surface area contributed by atoms with Crippen LogP contribution < -0.4 is 16.0 Å². The summed E-state index contributed by atoms with van der Waals surface area (Å²) in [5, 5.41) is 6.39. The van der Waals surface area contributed by atoms with Gasteiger partial charge in [0.15, 0.2) is 11.1 Å². The lowest BCUT2D eigenvalue weighted by Crippen LogP contribution is -2.51. The Kier molecular flexibility index (Phi) is 9.08. The van der Waals surface area contributed by atoms with Crippen molar-refractivity contribution < 1.29 is 4.74 Å². The van der Waals surface area contributed by atoms with Crippen LogP contribution >= 0.6 is 35.3 Å². The third-order valence-corrected chi connectivity index (χ3v) is 5.14. The molecule has 1 aliphatic rings. The average Bonchev–Trinajstić information content (AvgIpc) is 3.22. The Morgan fingerprint density at radius 1 is 1.26 bits per heavy atom. The predicted octanol–water partition coefficient (Wildman–Crippen LogP) is 2.46. The van der Waals surface area contributed by atoms with E-state index < -0.39 is 0 Å². The summed E-state index contributed by atoms with van der Waals surface area (Å²) >= 11 is 1.68. The number of methoxy groups -OCH3 is 1. The molecule has 1 saturated heterocycles. The molecule has 7 nitrogen and oxygen atoms in total. The second-order valence-corrected chi connectivity index (χ2v) is 6.95. The number of halogens is 1. The van der Waals surface area contributed by atoms with E-state index in [1.807, 2.05) is 11.6 Å². The van der Waals surface area contributed by atoms with Gasteiger partial charge in [-0.15, -0.1) is 35.3 Å². The average molecular weight is 502 g/mol. The Labute approximate surface area is 181 Å². The third kappa shape index (κ3) is 6.51. The van der Waals surface area contributed by atoms with Crippen LogP contribution in [0.15, 0.2) is 40.8 Å². The van der Waals surface area contributed by atoms with Gasteiger partial charge in [-0.05, 0) is 17.7 Å². The molecule has 0 aliphatic carbocycles. The van der Waals surface area contributed by atoms with E-state index in [9.17, 15) is 0 Å². The molecule has 0 unspecified atom stereocenters. The molecule has 148 valence electrons. The first-order chi connectivity index (χ1) is 12.8. The number of guanidine groups is 1. The zero-order valence-corrected chi connectivity index (χ0v) is 18.7. The number of thiazole rings is 1. The fourth-order valence-corrected chi connectivity index (χ4v) is 3.49. The summed E-state index contributed by atoms with van der Waals surface area (Å²) in [7, 11) is 1.70. The smallest absolute Gasteiger partial charge is 0.191 e. The molecule has 1 fully saturated rings. The molecule has 0 bridgehead atoms. The summed E-state index contributed by atoms with van der Waals surface area (Å²) < 4.78 is 5.03. The number of rotatable bonds is 7. The number of nitrogens with zero attached hydrogens (tertiary/aromatic N) is 4. The zero-order chi connectivity index (χ0) is 18.2. The molecule has 1 aromatic carbocycles. The standard InChI is InChI=1S/C18H26N6OS.HI/c1-25-12-6-20-16-4-2-15(3-5-16)14-22-17(19)23-8-10-24(11-9-23)18-21-7-13-26-18;/h2-5,7,13,20H,6,8-12,14H2,1H3,(H2,19,22);1H. The molecule has 0 saturated carbocycles. The highest BCUT2D eigenvalue weighted by Crippen LogP contribution is 2.18. The summed E-state index contributed by atoms with van der Waals surface area (Å²) in [4.78, 5) is 13.4. The van der Waals surface area contributed by atoms with Crippen molar-refractivity contribution in [2.45, 2.75) is 6.54 Å². The first kappa shape index (κ1) is 21.7. The van der Waals surface area contributed by atoms with Crippen LogP contribution in [0.3, 0.4) is 0 Å². The summed E-state index contributed by atoms with van der Waals surface area (Å²) in [6.45, 7) is 5.68. The maximum Gasteiger partial charge on any atom is 0.191 e. The number of nitrogens with one attached hydrogen (secondary N) is 1. The van der Waals surface area contributed by atoms with Crippen LogP contribution in [0.5, 0.6) is 0 Å². The SMILES string of the molecule is COCCNc1ccc(CN=C(N)N2CCN(c3nccs3)CC2)cc1.I. The van der Waals surface area contributed by atoms with Gasteiger partial charge in [-0.2, -0.15) is 0 Å². The molecule has 0 spiro atoms. The predicted molar refractivity (Wildman–Crippen MR) is 123 cm³/mol. The Morgan fingerprint density at radius 3 is 2.63 bits per heavy atom. The molecule has 27 heavy (non-hydrogen) atoms. The van der Waals surface area contributed by atoms with Crippen LogP contribution in [0, 0.1) is 0 Å². The second kappa shape index (κ2) is 11.3. The Hall–Kier alpha value is -1.59. The van der Waals surface area contributed by atoms with Crippen LogP contribution in [0.2, 0.25) is 0 Å². The third-order valence-electron chi connectivity index (χ3n) is 4.31. The highest BCUT2D eigenvalue weighted by molar-refractivity contribution is 14.0. The van der Waals surface area contributed by atoms with E-state index in [4.69, 9.17) is 10.5 Å². The van der Waals surface area contributed by atoms with Gasteiger partial charge in [-0.25, -0.2) is 9.98 Å². The highest BCUT2D eigenvalue weighted by atomic mass is 127. The van der Waals surface area contributed by atoms with E-state index in [2.05, 4.69) is 49.4 Å². The van der Waals surface area contributed by atoms with Gasteiger partial charge in [-0.3, -0.25) is 0 Å². The molecule has 2 aromatic rings. The summed E-state index contributed by atoms with van der Waals surface area (Å²) in [5.74, 6) is 0.617. The fraction of sp³-hybridized carbons (Fsp3) is 0.444. The summed E-state index contributed by atoms with van der Waals surface area (Å²) in [5.41, 5.74) is 8.42. The van der Waals surface area contributed by atoms with Crippen molar-refractivity contribution in [3.05, 3.63) is 41.4 Å². The van der Waals surface area contributed by atoms with E-state index in [-0.39, 0.29) is 24.0 Å². The van der Waals surface area contributed by atoms with Crippen molar-refractivity contribution in [2.24, 2.45) is 10.7 Å². The number of aromatic nitrogens is 1. The molecule has 1 aromatic heterocycles. The lowest BCUT2D eigenvalue weighted by molar-refractivity contribution is 0.211. The van der Waals surface area contributed by atoms with Crippen molar-refractivity contribution in [3.8, 4) is 0 Å². The van der Waals surface area contributed by atoms with Gasteiger partial charge in [0, 0.05) is 57.1 Å². The lowest BCUT2D eigenvalue weighted by atomic mass is 10.2. The molecule has 3 N–H and O–H groups in total. The Balaban J connectivity index is 0.00000261. The van der Waals surface area contributed by atoms with Crippen LogP contribution in [-0.4, -0.2) is 62.3 Å². The number of nitrogens with two attached hydrogens (primary N) is 1. The maximum atomic E-state index is 6.19. The quantitative estimate of drug-likeness (QED) is 0.262. The van der Waals surface area contributed by atoms with E-state index in [0.717, 1.165) is 49.1 Å². The van der Waals surface area contributed by atoms with Gasteiger partial charge in [-0.1, -0.05) is 12.1 Å². The maximum absolute atomic E-state index is 6.19. The molecule has 0 radical (unpaired) electrons. The van der Waals surface area contributed by atoms with Gasteiger partial charge in [0.25, 0.3) is 0 Å². The van der Waals surface area contributed by atoms with E-state index >= 15 is 0 Å². The van der Waals surface area contributed by atoms with Crippen molar-refractivity contribution in [1.82, 2.24) is 9.88 Å². The second-order valence-electron chi connectivity index (χ2n) is 6.08. The molecular weight excluding hydrogens is 475 g/mol. The number of hydrogen-bond donors (Lipinski definition) is 2. The Morgan fingerprint density at radius 2 is 2.00 bits per heavy atom. The highest BCUT2D eigenvalue weighted by Gasteiger charge is 2.19. The number of anilines is 2. The van der Waals surface area contributed by atoms with Crippen LogP contribution in [0.4, 0.5) is 10.8 Å². The monoisotopic (exact) mass is 502 g/mol. The van der Waals surface area contributed by atoms with Crippen molar-refractivity contribution in [3.63, 3.8) is 0 Å². The molecular formula is C18H27IN6OS. The van der Waals surface area contributed by atoms with E-state index in [1.54, 1.807) is 18.4 Å². The van der Waals surface area contributed by atoms with Crippen molar-refractivity contribution >= 4 is 52.1 Å². The first-order valence-corrected chi connectivity index (χ1v) is 9.65. The number of piperazine rings is 1. The summed E-state index contributed by atoms with van der Waals surface area (Å²) in [6, 6.07) is 8.27. The van der Waals surface area contributed by atoms with Gasteiger partial charge < -0.3 is 25.6 Å². The molecule has 2 heterocycles. The fourth-order valence-electron chi connectivity index (χ4n) is 2.80. The van der Waals surface area contributed by atoms with Crippen molar-refractivity contribution in [1.29, 1.82) is 0 Å². The normalized spacial score (nSPS) is 14.8. The molecule has 3 rings (SSSR count). The first-order valence-electron chi connectivity index (χ1n) is 8.77. The Bertz CT molecular complexity index is 686. The molecule has 0 atom stereocenters. The number of aliphatic imine (C=N–C) groups is 1. The van der Waals surface area contributed by atoms with Gasteiger partial charge in [0.05, 0.1) is 13.2 Å². The molecule has 0 amide bonds. The van der Waals surface area contributed by atoms with Crippen LogP contribution in [-0.2, 0) is 11.3 Å². The van der Waals surface area contributed by atoms with E-state index in [1.165, 1.54) is 0 Å². The molecule has 9 heteroatoms. The number of ether oxygens (including phenoxy) is 1. The van der Waals surface area contributed by atoms with Crippen molar-refractivity contribution in [2.75, 3.05) is 56.7 Å². The lowest BCUT2D eigenvalue weighted by Gasteiger charge is -2.35. The van der Waals surface area contributed by atoms with Gasteiger partial charge in [0.2, 0.25) is 0 Å². The zero-order valence-electron chi connectivity index (χ0n) is 15.5. The van der Waals surface area contributed by atoms with E-state index in [0.29, 0.717) is 19.1 Å². The minimum Gasteiger partial charge on any atom is -0.383 e. The van der Waals surface area contributed by atoms with Gasteiger partial charge >= 0.3 is 0 Å². The van der Waals surface area contributed by atoms with Crippen LogP contribution in [0.25, 0.3) is 0 Å². The van der Waals surface area contributed by atoms with Gasteiger partial charge in [0.1, 0.15) is 0 Å². The minimum atomic E-state index is 0. The summed E-state index contributed by atoms with van der Waals surface area (Å²) in [6.07, 6.45) is 1.85. The minimum absolute atomic E-state index is 0. The van der Waals surface area contributed by atoms with Crippen LogP contribution in [0.1, 0.15) is 5.56 Å².